The SMILES string of the molecule is CNc1nc(C)nc(NCC(C)CN2CCCC2)c1C. The highest BCUT2D eigenvalue weighted by Crippen LogP contribution is 2.19. The van der Waals surface area contributed by atoms with Crippen molar-refractivity contribution in [3.63, 3.8) is 0 Å². The van der Waals surface area contributed by atoms with Crippen LogP contribution >= 0.6 is 0 Å². The smallest absolute Gasteiger partial charge is 0.134 e. The molecular formula is C15H27N5. The summed E-state index contributed by atoms with van der Waals surface area (Å²) in [6, 6.07) is 0. The van der Waals surface area contributed by atoms with Crippen molar-refractivity contribution in [1.82, 2.24) is 14.9 Å². The van der Waals surface area contributed by atoms with E-state index < -0.39 is 0 Å². The molecule has 1 unspecified atom stereocenters. The zero-order valence-corrected chi connectivity index (χ0v) is 13.2. The van der Waals surface area contributed by atoms with Gasteiger partial charge in [0, 0.05) is 25.7 Å². The van der Waals surface area contributed by atoms with Crippen LogP contribution in [0.5, 0.6) is 0 Å². The molecule has 112 valence electrons. The third kappa shape index (κ3) is 3.82. The average Bonchev–Trinajstić information content (AvgIpc) is 2.92. The van der Waals surface area contributed by atoms with E-state index in [-0.39, 0.29) is 0 Å². The Kier molecular flexibility index (Phi) is 5.17. The van der Waals surface area contributed by atoms with Gasteiger partial charge in [-0.3, -0.25) is 0 Å². The lowest BCUT2D eigenvalue weighted by atomic mass is 10.1. The maximum absolute atomic E-state index is 4.51. The lowest BCUT2D eigenvalue weighted by molar-refractivity contribution is 0.294. The van der Waals surface area contributed by atoms with Crippen molar-refractivity contribution >= 4 is 11.6 Å². The molecule has 1 aliphatic rings. The van der Waals surface area contributed by atoms with Gasteiger partial charge in [0.25, 0.3) is 0 Å². The Morgan fingerprint density at radius 3 is 2.45 bits per heavy atom. The summed E-state index contributed by atoms with van der Waals surface area (Å²) in [7, 11) is 1.90. The number of likely N-dealkylation sites (tertiary alicyclic amines) is 1. The van der Waals surface area contributed by atoms with E-state index in [2.05, 4.69) is 39.3 Å². The van der Waals surface area contributed by atoms with Gasteiger partial charge < -0.3 is 15.5 Å². The predicted octanol–water partition coefficient (Wildman–Crippen LogP) is 2.28. The van der Waals surface area contributed by atoms with Crippen LogP contribution < -0.4 is 10.6 Å². The van der Waals surface area contributed by atoms with Crippen molar-refractivity contribution < 1.29 is 0 Å². The van der Waals surface area contributed by atoms with Crippen LogP contribution in [0.1, 0.15) is 31.2 Å². The number of aryl methyl sites for hydroxylation is 1. The molecule has 0 amide bonds. The zero-order chi connectivity index (χ0) is 14.5. The topological polar surface area (TPSA) is 53.1 Å². The molecule has 1 saturated heterocycles. The summed E-state index contributed by atoms with van der Waals surface area (Å²) < 4.78 is 0. The number of anilines is 2. The van der Waals surface area contributed by atoms with E-state index >= 15 is 0 Å². The van der Waals surface area contributed by atoms with Gasteiger partial charge in [0.15, 0.2) is 0 Å². The fourth-order valence-corrected chi connectivity index (χ4v) is 2.79. The maximum atomic E-state index is 4.51. The highest BCUT2D eigenvalue weighted by molar-refractivity contribution is 5.56. The zero-order valence-electron chi connectivity index (χ0n) is 13.2. The van der Waals surface area contributed by atoms with Crippen LogP contribution in [0, 0.1) is 19.8 Å². The molecule has 2 N–H and O–H groups in total. The molecule has 1 atom stereocenters. The van der Waals surface area contributed by atoms with E-state index in [1.807, 2.05) is 14.0 Å². The molecule has 0 saturated carbocycles. The standard InChI is InChI=1S/C15H27N5/c1-11(10-20-7-5-6-8-20)9-17-15-12(2)14(16-4)18-13(3)19-15/h11H,5-10H2,1-4H3,(H2,16,17,18,19). The summed E-state index contributed by atoms with van der Waals surface area (Å²) in [6.07, 6.45) is 2.71. The molecule has 1 aliphatic heterocycles. The molecule has 0 aromatic carbocycles. The molecule has 0 aliphatic carbocycles. The van der Waals surface area contributed by atoms with E-state index in [9.17, 15) is 0 Å². The number of hydrogen-bond acceptors (Lipinski definition) is 5. The largest absolute Gasteiger partial charge is 0.373 e. The van der Waals surface area contributed by atoms with Gasteiger partial charge in [-0.05, 0) is 45.7 Å². The summed E-state index contributed by atoms with van der Waals surface area (Å²) in [6.45, 7) is 10.9. The average molecular weight is 277 g/mol. The summed E-state index contributed by atoms with van der Waals surface area (Å²) in [5.74, 6) is 3.29. The Morgan fingerprint density at radius 1 is 1.15 bits per heavy atom. The summed E-state index contributed by atoms with van der Waals surface area (Å²) in [4.78, 5) is 11.5. The molecule has 5 nitrogen and oxygen atoms in total. The monoisotopic (exact) mass is 277 g/mol. The molecule has 2 rings (SSSR count). The predicted molar refractivity (Wildman–Crippen MR) is 84.4 cm³/mol. The quantitative estimate of drug-likeness (QED) is 0.835. The fraction of sp³-hybridized carbons (Fsp3) is 0.733. The summed E-state index contributed by atoms with van der Waals surface area (Å²) >= 11 is 0. The fourth-order valence-electron chi connectivity index (χ4n) is 2.79. The maximum Gasteiger partial charge on any atom is 0.134 e. The van der Waals surface area contributed by atoms with E-state index in [1.54, 1.807) is 0 Å². The highest BCUT2D eigenvalue weighted by Gasteiger charge is 2.15. The minimum Gasteiger partial charge on any atom is -0.373 e. The van der Waals surface area contributed by atoms with Gasteiger partial charge in [-0.15, -0.1) is 0 Å². The van der Waals surface area contributed by atoms with E-state index in [0.29, 0.717) is 5.92 Å². The van der Waals surface area contributed by atoms with Gasteiger partial charge in [-0.2, -0.15) is 0 Å². The number of nitrogens with zero attached hydrogens (tertiary/aromatic N) is 3. The Morgan fingerprint density at radius 2 is 1.80 bits per heavy atom. The molecule has 0 spiro atoms. The molecule has 1 aromatic heterocycles. The molecule has 2 heterocycles. The van der Waals surface area contributed by atoms with Crippen molar-refractivity contribution in [2.24, 2.45) is 5.92 Å². The Hall–Kier alpha value is -1.36. The third-order valence-electron chi connectivity index (χ3n) is 3.88. The van der Waals surface area contributed by atoms with Gasteiger partial charge >= 0.3 is 0 Å². The molecule has 5 heteroatoms. The van der Waals surface area contributed by atoms with E-state index in [4.69, 9.17) is 0 Å². The first-order valence-corrected chi connectivity index (χ1v) is 7.59. The highest BCUT2D eigenvalue weighted by atomic mass is 15.1. The number of nitrogens with one attached hydrogen (secondary N) is 2. The second kappa shape index (κ2) is 6.88. The molecule has 20 heavy (non-hydrogen) atoms. The van der Waals surface area contributed by atoms with Gasteiger partial charge in [-0.1, -0.05) is 6.92 Å². The van der Waals surface area contributed by atoms with Crippen LogP contribution in [0.2, 0.25) is 0 Å². The lowest BCUT2D eigenvalue weighted by Gasteiger charge is -2.21. The number of rotatable bonds is 6. The van der Waals surface area contributed by atoms with Crippen molar-refractivity contribution in [3.05, 3.63) is 11.4 Å². The molecule has 1 aromatic rings. The number of aromatic nitrogens is 2. The van der Waals surface area contributed by atoms with Crippen LogP contribution in [-0.4, -0.2) is 48.1 Å². The first-order chi connectivity index (χ1) is 9.60. The molecule has 1 fully saturated rings. The minimum absolute atomic E-state index is 0.626. The van der Waals surface area contributed by atoms with Crippen LogP contribution in [-0.2, 0) is 0 Å². The van der Waals surface area contributed by atoms with Gasteiger partial charge in [0.2, 0.25) is 0 Å². The van der Waals surface area contributed by atoms with Crippen LogP contribution in [0.4, 0.5) is 11.6 Å². The van der Waals surface area contributed by atoms with Crippen molar-refractivity contribution in [2.75, 3.05) is 43.9 Å². The summed E-state index contributed by atoms with van der Waals surface area (Å²) in [5.41, 5.74) is 1.09. The van der Waals surface area contributed by atoms with Gasteiger partial charge in [0.1, 0.15) is 17.5 Å². The van der Waals surface area contributed by atoms with Crippen LogP contribution in [0.15, 0.2) is 0 Å². The van der Waals surface area contributed by atoms with Crippen LogP contribution in [0.25, 0.3) is 0 Å². The van der Waals surface area contributed by atoms with Crippen molar-refractivity contribution in [1.29, 1.82) is 0 Å². The minimum atomic E-state index is 0.626. The normalized spacial score (nSPS) is 17.2. The van der Waals surface area contributed by atoms with Gasteiger partial charge in [0.05, 0.1) is 0 Å². The van der Waals surface area contributed by atoms with E-state index in [1.165, 1.54) is 32.5 Å². The first kappa shape index (κ1) is 15.0. The van der Waals surface area contributed by atoms with E-state index in [0.717, 1.165) is 29.6 Å². The second-order valence-electron chi connectivity index (χ2n) is 5.84. The Balaban J connectivity index is 1.91. The molecule has 0 radical (unpaired) electrons. The van der Waals surface area contributed by atoms with Crippen LogP contribution in [0.3, 0.4) is 0 Å². The molecular weight excluding hydrogens is 250 g/mol. The lowest BCUT2D eigenvalue weighted by Crippen LogP contribution is -2.29. The second-order valence-corrected chi connectivity index (χ2v) is 5.84. The van der Waals surface area contributed by atoms with Crippen molar-refractivity contribution in [2.45, 2.75) is 33.6 Å². The number of hydrogen-bond donors (Lipinski definition) is 2. The molecule has 0 bridgehead atoms. The Labute approximate surface area is 122 Å². The van der Waals surface area contributed by atoms with Gasteiger partial charge in [-0.25, -0.2) is 9.97 Å². The summed E-state index contributed by atoms with van der Waals surface area (Å²) in [5, 5.41) is 6.61. The third-order valence-corrected chi connectivity index (χ3v) is 3.88. The Bertz CT molecular complexity index is 440. The van der Waals surface area contributed by atoms with Crippen molar-refractivity contribution in [3.8, 4) is 0 Å². The first-order valence-electron chi connectivity index (χ1n) is 7.59.